The molecular weight excluding hydrogens is 271 g/mol. The predicted molar refractivity (Wildman–Crippen MR) is 74.4 cm³/mol. The molecule has 1 heterocycles. The number of nitrogens with one attached hydrogen (secondary N) is 1. The van der Waals surface area contributed by atoms with Gasteiger partial charge in [-0.15, -0.1) is 0 Å². The normalized spacial score (nSPS) is 10.9. The van der Waals surface area contributed by atoms with Gasteiger partial charge in [-0.2, -0.15) is 0 Å². The van der Waals surface area contributed by atoms with Crippen LogP contribution in [0.4, 0.5) is 0 Å². The van der Waals surface area contributed by atoms with Crippen LogP contribution in [-0.4, -0.2) is 9.97 Å². The summed E-state index contributed by atoms with van der Waals surface area (Å²) in [5, 5.41) is 0.933. The molecule has 0 bridgehead atoms. The molecule has 0 atom stereocenters. The summed E-state index contributed by atoms with van der Waals surface area (Å²) in [6, 6.07) is 5.23. The molecule has 2 rings (SSSR count). The van der Waals surface area contributed by atoms with E-state index in [0.29, 0.717) is 21.3 Å². The van der Waals surface area contributed by atoms with Crippen molar-refractivity contribution in [3.05, 3.63) is 50.5 Å². The highest BCUT2D eigenvalue weighted by Crippen LogP contribution is 2.30. The smallest absolute Gasteiger partial charge is 0.254 e. The van der Waals surface area contributed by atoms with Crippen molar-refractivity contribution < 1.29 is 0 Å². The topological polar surface area (TPSA) is 45.8 Å². The highest BCUT2D eigenvalue weighted by atomic mass is 35.5. The van der Waals surface area contributed by atoms with Crippen LogP contribution in [-0.2, 0) is 0 Å². The fourth-order valence-corrected chi connectivity index (χ4v) is 2.12. The summed E-state index contributed by atoms with van der Waals surface area (Å²) in [5.41, 5.74) is 1.96. The third kappa shape index (κ3) is 2.42. The average molecular weight is 283 g/mol. The number of aromatic nitrogens is 2. The molecule has 0 saturated heterocycles. The van der Waals surface area contributed by atoms with Crippen LogP contribution in [0.1, 0.15) is 25.3 Å². The van der Waals surface area contributed by atoms with Crippen LogP contribution in [0.5, 0.6) is 0 Å². The first-order valence-electron chi connectivity index (χ1n) is 5.53. The summed E-state index contributed by atoms with van der Waals surface area (Å²) >= 11 is 11.9. The van der Waals surface area contributed by atoms with E-state index in [9.17, 15) is 4.79 Å². The molecular formula is C13H12Cl2N2O. The maximum Gasteiger partial charge on any atom is 0.254 e. The number of nitrogens with zero attached hydrogens (tertiary/aromatic N) is 1. The fourth-order valence-electron chi connectivity index (χ4n) is 1.82. The standard InChI is InChI=1S/C13H12Cl2N2O/c1-7(2)11-12(16-6-17-13(11)18)8-3-4-9(14)10(15)5-8/h3-7H,1-2H3,(H,16,17,18). The lowest BCUT2D eigenvalue weighted by Crippen LogP contribution is -2.16. The zero-order valence-electron chi connectivity index (χ0n) is 10.00. The number of benzene rings is 1. The van der Waals surface area contributed by atoms with Gasteiger partial charge in [0.2, 0.25) is 0 Å². The van der Waals surface area contributed by atoms with E-state index in [1.54, 1.807) is 12.1 Å². The summed E-state index contributed by atoms with van der Waals surface area (Å²) in [7, 11) is 0. The largest absolute Gasteiger partial charge is 0.313 e. The van der Waals surface area contributed by atoms with Gasteiger partial charge in [-0.1, -0.05) is 43.1 Å². The molecule has 0 unspecified atom stereocenters. The fraction of sp³-hybridized carbons (Fsp3) is 0.231. The monoisotopic (exact) mass is 282 g/mol. The molecule has 0 aliphatic carbocycles. The Morgan fingerprint density at radius 2 is 1.94 bits per heavy atom. The van der Waals surface area contributed by atoms with Crippen molar-refractivity contribution in [2.24, 2.45) is 0 Å². The molecule has 0 aliphatic rings. The summed E-state index contributed by atoms with van der Waals surface area (Å²) in [4.78, 5) is 18.7. The molecule has 1 aromatic heterocycles. The quantitative estimate of drug-likeness (QED) is 0.909. The lowest BCUT2D eigenvalue weighted by atomic mass is 9.98. The molecule has 0 spiro atoms. The lowest BCUT2D eigenvalue weighted by molar-refractivity contribution is 0.833. The van der Waals surface area contributed by atoms with Gasteiger partial charge in [-0.3, -0.25) is 4.79 Å². The van der Waals surface area contributed by atoms with Crippen LogP contribution in [0.25, 0.3) is 11.3 Å². The minimum Gasteiger partial charge on any atom is -0.313 e. The van der Waals surface area contributed by atoms with Gasteiger partial charge in [0, 0.05) is 11.1 Å². The van der Waals surface area contributed by atoms with Crippen molar-refractivity contribution in [1.82, 2.24) is 9.97 Å². The highest BCUT2D eigenvalue weighted by Gasteiger charge is 2.14. The predicted octanol–water partition coefficient (Wildman–Crippen LogP) is 3.87. The Morgan fingerprint density at radius 3 is 2.56 bits per heavy atom. The van der Waals surface area contributed by atoms with Crippen molar-refractivity contribution in [2.45, 2.75) is 19.8 Å². The van der Waals surface area contributed by atoms with Gasteiger partial charge in [0.05, 0.1) is 22.1 Å². The van der Waals surface area contributed by atoms with Crippen LogP contribution >= 0.6 is 23.2 Å². The first-order valence-corrected chi connectivity index (χ1v) is 6.29. The molecule has 0 saturated carbocycles. The number of halogens is 2. The Balaban J connectivity index is 2.67. The van der Waals surface area contributed by atoms with Crippen LogP contribution in [0.2, 0.25) is 10.0 Å². The molecule has 0 aliphatic heterocycles. The van der Waals surface area contributed by atoms with Crippen LogP contribution in [0.3, 0.4) is 0 Å². The van der Waals surface area contributed by atoms with Crippen molar-refractivity contribution >= 4 is 23.2 Å². The van der Waals surface area contributed by atoms with Gasteiger partial charge in [-0.05, 0) is 18.1 Å². The summed E-state index contributed by atoms with van der Waals surface area (Å²) in [5.74, 6) is 0.0758. The maximum atomic E-state index is 11.9. The molecule has 0 amide bonds. The first kappa shape index (κ1) is 13.1. The number of hydrogen-bond acceptors (Lipinski definition) is 2. The van der Waals surface area contributed by atoms with E-state index in [2.05, 4.69) is 9.97 Å². The van der Waals surface area contributed by atoms with Crippen molar-refractivity contribution in [1.29, 1.82) is 0 Å². The van der Waals surface area contributed by atoms with Gasteiger partial charge in [0.15, 0.2) is 0 Å². The van der Waals surface area contributed by atoms with Gasteiger partial charge in [0.25, 0.3) is 5.56 Å². The first-order chi connectivity index (χ1) is 8.50. The minimum atomic E-state index is -0.124. The van der Waals surface area contributed by atoms with Crippen LogP contribution in [0, 0.1) is 0 Å². The van der Waals surface area contributed by atoms with Gasteiger partial charge in [-0.25, -0.2) is 4.98 Å². The second-order valence-corrected chi connectivity index (χ2v) is 5.09. The molecule has 3 nitrogen and oxygen atoms in total. The Bertz CT molecular complexity index is 635. The molecule has 5 heteroatoms. The SMILES string of the molecule is CC(C)c1c(-c2ccc(Cl)c(Cl)c2)nc[nH]c1=O. The van der Waals surface area contributed by atoms with Gasteiger partial charge >= 0.3 is 0 Å². The van der Waals surface area contributed by atoms with E-state index in [0.717, 1.165) is 5.56 Å². The Hall–Kier alpha value is -1.32. The molecule has 1 aromatic carbocycles. The van der Waals surface area contributed by atoms with Crippen molar-refractivity contribution in [3.63, 3.8) is 0 Å². The van der Waals surface area contributed by atoms with Gasteiger partial charge in [0.1, 0.15) is 0 Å². The highest BCUT2D eigenvalue weighted by molar-refractivity contribution is 6.42. The maximum absolute atomic E-state index is 11.9. The molecule has 2 aromatic rings. The van der Waals surface area contributed by atoms with Crippen LogP contribution in [0.15, 0.2) is 29.3 Å². The van der Waals surface area contributed by atoms with E-state index in [-0.39, 0.29) is 11.5 Å². The second kappa shape index (κ2) is 5.12. The second-order valence-electron chi connectivity index (χ2n) is 4.28. The number of hydrogen-bond donors (Lipinski definition) is 1. The van der Waals surface area contributed by atoms with Crippen molar-refractivity contribution in [3.8, 4) is 11.3 Å². The van der Waals surface area contributed by atoms with Gasteiger partial charge < -0.3 is 4.98 Å². The third-order valence-corrected chi connectivity index (χ3v) is 3.40. The average Bonchev–Trinajstić information content (AvgIpc) is 2.32. The summed E-state index contributed by atoms with van der Waals surface area (Å²) in [6.45, 7) is 3.90. The third-order valence-electron chi connectivity index (χ3n) is 2.66. The summed E-state index contributed by atoms with van der Waals surface area (Å²) in [6.07, 6.45) is 1.39. The molecule has 18 heavy (non-hydrogen) atoms. The van der Waals surface area contributed by atoms with E-state index in [1.165, 1.54) is 6.33 Å². The van der Waals surface area contributed by atoms with Crippen LogP contribution < -0.4 is 5.56 Å². The Kier molecular flexibility index (Phi) is 3.73. The van der Waals surface area contributed by atoms with E-state index >= 15 is 0 Å². The number of aromatic amines is 1. The zero-order chi connectivity index (χ0) is 13.3. The summed E-state index contributed by atoms with van der Waals surface area (Å²) < 4.78 is 0. The molecule has 0 radical (unpaired) electrons. The minimum absolute atomic E-state index is 0.0758. The zero-order valence-corrected chi connectivity index (χ0v) is 11.5. The Morgan fingerprint density at radius 1 is 1.22 bits per heavy atom. The molecule has 94 valence electrons. The molecule has 0 fully saturated rings. The van der Waals surface area contributed by atoms with E-state index < -0.39 is 0 Å². The number of rotatable bonds is 2. The van der Waals surface area contributed by atoms with Crippen molar-refractivity contribution in [2.75, 3.05) is 0 Å². The lowest BCUT2D eigenvalue weighted by Gasteiger charge is -2.10. The van der Waals surface area contributed by atoms with E-state index in [1.807, 2.05) is 19.9 Å². The molecule has 1 N–H and O–H groups in total. The van der Waals surface area contributed by atoms with E-state index in [4.69, 9.17) is 23.2 Å². The Labute approximate surface area is 115 Å². The number of H-pyrrole nitrogens is 1.